The van der Waals surface area contributed by atoms with Crippen molar-refractivity contribution >= 4 is 5.95 Å². The fourth-order valence-electron chi connectivity index (χ4n) is 1.22. The molecule has 15 heavy (non-hydrogen) atoms. The van der Waals surface area contributed by atoms with Gasteiger partial charge in [0.15, 0.2) is 0 Å². The smallest absolute Gasteiger partial charge is 0.271 e. The fraction of sp³-hybridized carbons (Fsp3) is 0.667. The maximum Gasteiger partial charge on any atom is 0.271 e. The number of H-pyrrole nitrogens is 1. The molecule has 1 heterocycles. The van der Waals surface area contributed by atoms with Gasteiger partial charge < -0.3 is 11.1 Å². The minimum absolute atomic E-state index is 0.240. The third kappa shape index (κ3) is 5.11. The van der Waals surface area contributed by atoms with Gasteiger partial charge in [0.25, 0.3) is 5.56 Å². The largest absolute Gasteiger partial charge is 0.354 e. The second-order valence-electron chi connectivity index (χ2n) is 3.31. The van der Waals surface area contributed by atoms with E-state index in [1.54, 1.807) is 0 Å². The molecule has 0 bridgehead atoms. The van der Waals surface area contributed by atoms with Crippen LogP contribution >= 0.6 is 0 Å². The van der Waals surface area contributed by atoms with Crippen LogP contribution < -0.4 is 16.6 Å². The van der Waals surface area contributed by atoms with Crippen LogP contribution in [-0.2, 0) is 0 Å². The Morgan fingerprint density at radius 2 is 2.13 bits per heavy atom. The van der Waals surface area contributed by atoms with Crippen molar-refractivity contribution in [2.45, 2.75) is 25.7 Å². The van der Waals surface area contributed by atoms with Gasteiger partial charge in [0.1, 0.15) is 6.20 Å². The Kier molecular flexibility index (Phi) is 5.39. The van der Waals surface area contributed by atoms with E-state index in [4.69, 9.17) is 5.73 Å². The Morgan fingerprint density at radius 3 is 2.87 bits per heavy atom. The van der Waals surface area contributed by atoms with Crippen LogP contribution in [0.5, 0.6) is 0 Å². The van der Waals surface area contributed by atoms with Gasteiger partial charge in [-0.1, -0.05) is 12.8 Å². The fourth-order valence-corrected chi connectivity index (χ4v) is 1.22. The van der Waals surface area contributed by atoms with E-state index in [1.807, 2.05) is 0 Å². The summed E-state index contributed by atoms with van der Waals surface area (Å²) in [5.74, 6) is 0.432. The lowest BCUT2D eigenvalue weighted by Gasteiger charge is -2.03. The molecule has 0 radical (unpaired) electrons. The summed E-state index contributed by atoms with van der Waals surface area (Å²) in [4.78, 5) is 13.4. The number of unbranched alkanes of at least 4 members (excludes halogenated alkanes) is 3. The van der Waals surface area contributed by atoms with E-state index in [-0.39, 0.29) is 5.56 Å². The van der Waals surface area contributed by atoms with Crippen LogP contribution in [0.4, 0.5) is 5.95 Å². The number of rotatable bonds is 7. The summed E-state index contributed by atoms with van der Waals surface area (Å²) in [5.41, 5.74) is 5.14. The molecule has 0 saturated carbocycles. The number of aromatic nitrogens is 3. The van der Waals surface area contributed by atoms with E-state index in [0.29, 0.717) is 5.95 Å². The second kappa shape index (κ2) is 6.94. The van der Waals surface area contributed by atoms with Crippen LogP contribution in [-0.4, -0.2) is 28.3 Å². The average Bonchev–Trinajstić information content (AvgIpc) is 2.23. The van der Waals surface area contributed by atoms with Gasteiger partial charge in [0.05, 0.1) is 0 Å². The molecule has 0 spiro atoms. The first-order valence-corrected chi connectivity index (χ1v) is 5.19. The van der Waals surface area contributed by atoms with Crippen molar-refractivity contribution in [3.05, 3.63) is 16.6 Å². The maximum atomic E-state index is 10.9. The molecular formula is C9H17N5O. The molecule has 6 heteroatoms. The van der Waals surface area contributed by atoms with Crippen LogP contribution in [0.2, 0.25) is 0 Å². The summed E-state index contributed by atoms with van der Waals surface area (Å²) < 4.78 is 0. The molecule has 0 aliphatic rings. The second-order valence-corrected chi connectivity index (χ2v) is 3.31. The molecular weight excluding hydrogens is 194 g/mol. The molecule has 84 valence electrons. The zero-order chi connectivity index (χ0) is 10.9. The van der Waals surface area contributed by atoms with Gasteiger partial charge >= 0.3 is 0 Å². The van der Waals surface area contributed by atoms with E-state index < -0.39 is 0 Å². The number of aromatic amines is 1. The van der Waals surface area contributed by atoms with Gasteiger partial charge in [-0.25, -0.2) is 0 Å². The Balaban J connectivity index is 2.12. The van der Waals surface area contributed by atoms with Crippen molar-refractivity contribution in [1.82, 2.24) is 15.2 Å². The van der Waals surface area contributed by atoms with Crippen molar-refractivity contribution in [2.75, 3.05) is 18.4 Å². The van der Waals surface area contributed by atoms with E-state index in [0.717, 1.165) is 45.0 Å². The monoisotopic (exact) mass is 211 g/mol. The van der Waals surface area contributed by atoms with E-state index in [1.165, 1.54) is 0 Å². The number of nitrogens with one attached hydrogen (secondary N) is 2. The Morgan fingerprint density at radius 1 is 1.33 bits per heavy atom. The minimum Gasteiger partial charge on any atom is -0.354 e. The lowest BCUT2D eigenvalue weighted by Crippen LogP contribution is -2.13. The van der Waals surface area contributed by atoms with Crippen molar-refractivity contribution in [1.29, 1.82) is 0 Å². The summed E-state index contributed by atoms with van der Waals surface area (Å²) in [6, 6.07) is 0. The minimum atomic E-state index is -0.240. The number of hydrogen-bond acceptors (Lipinski definition) is 5. The third-order valence-electron chi connectivity index (χ3n) is 2.00. The number of anilines is 1. The van der Waals surface area contributed by atoms with Crippen LogP contribution in [0.25, 0.3) is 0 Å². The number of nitrogens with two attached hydrogens (primary N) is 1. The van der Waals surface area contributed by atoms with Crippen LogP contribution in [0.3, 0.4) is 0 Å². The van der Waals surface area contributed by atoms with Crippen molar-refractivity contribution in [3.8, 4) is 0 Å². The third-order valence-corrected chi connectivity index (χ3v) is 2.00. The maximum absolute atomic E-state index is 10.9. The quantitative estimate of drug-likeness (QED) is 0.556. The van der Waals surface area contributed by atoms with Crippen LogP contribution in [0.1, 0.15) is 25.7 Å². The molecule has 0 aromatic carbocycles. The average molecular weight is 211 g/mol. The molecule has 0 saturated heterocycles. The zero-order valence-corrected chi connectivity index (χ0v) is 8.70. The van der Waals surface area contributed by atoms with Gasteiger partial charge in [-0.3, -0.25) is 9.78 Å². The zero-order valence-electron chi connectivity index (χ0n) is 8.70. The highest BCUT2D eigenvalue weighted by molar-refractivity contribution is 5.19. The summed E-state index contributed by atoms with van der Waals surface area (Å²) in [7, 11) is 0. The summed E-state index contributed by atoms with van der Waals surface area (Å²) in [5, 5.41) is 10.3. The lowest BCUT2D eigenvalue weighted by molar-refractivity contribution is 0.659. The number of hydrogen-bond donors (Lipinski definition) is 3. The first-order valence-electron chi connectivity index (χ1n) is 5.19. The van der Waals surface area contributed by atoms with Gasteiger partial charge in [0.2, 0.25) is 5.95 Å². The molecule has 0 fully saturated rings. The molecule has 0 amide bonds. The molecule has 0 aliphatic heterocycles. The Hall–Kier alpha value is -1.43. The highest BCUT2D eigenvalue weighted by Crippen LogP contribution is 1.99. The predicted octanol–water partition coefficient (Wildman–Crippen LogP) is 0.0959. The van der Waals surface area contributed by atoms with Gasteiger partial charge in [-0.2, -0.15) is 0 Å². The first kappa shape index (κ1) is 11.6. The normalized spacial score (nSPS) is 10.2. The molecule has 0 aliphatic carbocycles. The Labute approximate surface area is 88.3 Å². The molecule has 6 nitrogen and oxygen atoms in total. The summed E-state index contributed by atoms with van der Waals surface area (Å²) >= 11 is 0. The highest BCUT2D eigenvalue weighted by atomic mass is 16.1. The van der Waals surface area contributed by atoms with Crippen molar-refractivity contribution in [2.24, 2.45) is 5.73 Å². The molecule has 0 atom stereocenters. The van der Waals surface area contributed by atoms with E-state index >= 15 is 0 Å². The predicted molar refractivity (Wildman–Crippen MR) is 58.7 cm³/mol. The SMILES string of the molecule is NCCCCCCNc1nncc(=O)[nH]1. The molecule has 1 aromatic rings. The van der Waals surface area contributed by atoms with Crippen LogP contribution in [0, 0.1) is 0 Å². The lowest BCUT2D eigenvalue weighted by atomic mass is 10.2. The molecule has 4 N–H and O–H groups in total. The van der Waals surface area contributed by atoms with E-state index in [2.05, 4.69) is 20.5 Å². The number of nitrogens with zero attached hydrogens (tertiary/aromatic N) is 2. The molecule has 0 unspecified atom stereocenters. The van der Waals surface area contributed by atoms with Crippen molar-refractivity contribution in [3.63, 3.8) is 0 Å². The van der Waals surface area contributed by atoms with Gasteiger partial charge in [-0.15, -0.1) is 10.2 Å². The van der Waals surface area contributed by atoms with Crippen molar-refractivity contribution < 1.29 is 0 Å². The molecule has 1 rings (SSSR count). The van der Waals surface area contributed by atoms with Crippen LogP contribution in [0.15, 0.2) is 11.0 Å². The van der Waals surface area contributed by atoms with Gasteiger partial charge in [0, 0.05) is 6.54 Å². The topological polar surface area (TPSA) is 96.7 Å². The Bertz CT molecular complexity index is 324. The standard InChI is InChI=1S/C9H17N5O/c10-5-3-1-2-4-6-11-9-13-8(15)7-12-14-9/h7H,1-6,10H2,(H2,11,13,14,15). The van der Waals surface area contributed by atoms with E-state index in [9.17, 15) is 4.79 Å². The first-order chi connectivity index (χ1) is 7.33. The van der Waals surface area contributed by atoms with Gasteiger partial charge in [-0.05, 0) is 19.4 Å². The summed E-state index contributed by atoms with van der Waals surface area (Å²) in [6.45, 7) is 1.55. The highest BCUT2D eigenvalue weighted by Gasteiger charge is 1.94. The summed E-state index contributed by atoms with van der Waals surface area (Å²) in [6.07, 6.45) is 5.54. The molecule has 1 aromatic heterocycles.